The molecule has 4 rings (SSSR count). The average Bonchev–Trinajstić information content (AvgIpc) is 3.10. The zero-order valence-corrected chi connectivity index (χ0v) is 13.9. The minimum Gasteiger partial charge on any atom is -0.343 e. The van der Waals surface area contributed by atoms with Gasteiger partial charge in [0.2, 0.25) is 0 Å². The molecule has 0 aliphatic rings. The molecule has 6 nitrogen and oxygen atoms in total. The number of aromatic nitrogens is 3. The van der Waals surface area contributed by atoms with Crippen LogP contribution in [-0.2, 0) is 10.0 Å². The van der Waals surface area contributed by atoms with Gasteiger partial charge in [-0.05, 0) is 35.9 Å². The molecule has 0 saturated carbocycles. The summed E-state index contributed by atoms with van der Waals surface area (Å²) in [7, 11) is -3.59. The molecular formula is C18H14N4O2S. The Balaban J connectivity index is 1.59. The van der Waals surface area contributed by atoms with E-state index in [0.717, 1.165) is 16.6 Å². The number of hydrogen-bond donors (Lipinski definition) is 2. The van der Waals surface area contributed by atoms with Crippen LogP contribution in [0.15, 0.2) is 78.1 Å². The fraction of sp³-hybridized carbons (Fsp3) is 0. The van der Waals surface area contributed by atoms with Gasteiger partial charge in [0.15, 0.2) is 5.65 Å². The van der Waals surface area contributed by atoms with Gasteiger partial charge in [0.05, 0.1) is 16.7 Å². The van der Waals surface area contributed by atoms with Gasteiger partial charge in [-0.15, -0.1) is 0 Å². The summed E-state index contributed by atoms with van der Waals surface area (Å²) in [5, 5.41) is 0. The van der Waals surface area contributed by atoms with Crippen molar-refractivity contribution in [1.82, 2.24) is 15.0 Å². The van der Waals surface area contributed by atoms with E-state index in [0.29, 0.717) is 11.3 Å². The third-order valence-corrected chi connectivity index (χ3v) is 5.19. The van der Waals surface area contributed by atoms with Crippen LogP contribution in [0.3, 0.4) is 0 Å². The molecule has 25 heavy (non-hydrogen) atoms. The van der Waals surface area contributed by atoms with Gasteiger partial charge in [-0.3, -0.25) is 4.72 Å². The molecule has 0 saturated heterocycles. The average molecular weight is 350 g/mol. The molecule has 2 heterocycles. The number of nitrogens with zero attached hydrogens (tertiary/aromatic N) is 2. The molecule has 2 aromatic carbocycles. The molecule has 124 valence electrons. The summed E-state index contributed by atoms with van der Waals surface area (Å²) in [5.74, 6) is 0. The van der Waals surface area contributed by atoms with Crippen LogP contribution in [-0.4, -0.2) is 23.4 Å². The number of rotatable bonds is 4. The molecule has 0 amide bonds. The first-order valence-corrected chi connectivity index (χ1v) is 9.08. The predicted molar refractivity (Wildman–Crippen MR) is 96.6 cm³/mol. The van der Waals surface area contributed by atoms with Gasteiger partial charge in [0, 0.05) is 17.4 Å². The van der Waals surface area contributed by atoms with Crippen LogP contribution in [0.5, 0.6) is 0 Å². The van der Waals surface area contributed by atoms with Crippen LogP contribution >= 0.6 is 0 Å². The van der Waals surface area contributed by atoms with Gasteiger partial charge in [0.25, 0.3) is 10.0 Å². The number of imidazole rings is 1. The van der Waals surface area contributed by atoms with Gasteiger partial charge in [-0.1, -0.05) is 30.3 Å². The standard InChI is InChI=1S/C18H14N4O2S/c23-25(24,16-4-2-1-3-5-16)22-15-8-6-13(7-9-15)14-10-17-18(19-11-14)21-12-20-17/h1-12,22H,(H,19,20,21). The predicted octanol–water partition coefficient (Wildman–Crippen LogP) is 3.43. The Morgan fingerprint density at radius 2 is 1.64 bits per heavy atom. The van der Waals surface area contributed by atoms with E-state index in [1.165, 1.54) is 0 Å². The quantitative estimate of drug-likeness (QED) is 0.590. The van der Waals surface area contributed by atoms with E-state index in [9.17, 15) is 8.42 Å². The molecule has 4 aromatic rings. The summed E-state index contributed by atoms with van der Waals surface area (Å²) in [5.41, 5.74) is 3.88. The highest BCUT2D eigenvalue weighted by atomic mass is 32.2. The maximum atomic E-state index is 12.3. The first-order chi connectivity index (χ1) is 12.1. The van der Waals surface area contributed by atoms with E-state index in [4.69, 9.17) is 0 Å². The van der Waals surface area contributed by atoms with Crippen molar-refractivity contribution in [2.24, 2.45) is 0 Å². The first-order valence-electron chi connectivity index (χ1n) is 7.59. The summed E-state index contributed by atoms with van der Waals surface area (Å²) in [4.78, 5) is 11.6. The Bertz CT molecular complexity index is 1120. The minimum atomic E-state index is -3.59. The molecule has 0 unspecified atom stereocenters. The molecule has 0 aliphatic carbocycles. The number of benzene rings is 2. The van der Waals surface area contributed by atoms with Gasteiger partial charge in [0.1, 0.15) is 0 Å². The molecule has 0 fully saturated rings. The van der Waals surface area contributed by atoms with Gasteiger partial charge in [-0.25, -0.2) is 18.4 Å². The maximum absolute atomic E-state index is 12.3. The number of pyridine rings is 1. The summed E-state index contributed by atoms with van der Waals surface area (Å²) in [6.45, 7) is 0. The van der Waals surface area contributed by atoms with Crippen LogP contribution in [0.1, 0.15) is 0 Å². The third kappa shape index (κ3) is 3.09. The third-order valence-electron chi connectivity index (χ3n) is 3.80. The van der Waals surface area contributed by atoms with E-state index < -0.39 is 10.0 Å². The Labute approximate surface area is 144 Å². The van der Waals surface area contributed by atoms with Crippen molar-refractivity contribution in [2.75, 3.05) is 4.72 Å². The molecule has 0 aliphatic heterocycles. The molecule has 7 heteroatoms. The highest BCUT2D eigenvalue weighted by Crippen LogP contribution is 2.24. The zero-order valence-electron chi connectivity index (χ0n) is 13.0. The summed E-state index contributed by atoms with van der Waals surface area (Å²) in [6, 6.07) is 17.4. The van der Waals surface area contributed by atoms with Crippen molar-refractivity contribution in [3.63, 3.8) is 0 Å². The van der Waals surface area contributed by atoms with E-state index in [2.05, 4.69) is 19.7 Å². The highest BCUT2D eigenvalue weighted by Gasteiger charge is 2.13. The lowest BCUT2D eigenvalue weighted by molar-refractivity contribution is 0.601. The molecule has 0 atom stereocenters. The fourth-order valence-electron chi connectivity index (χ4n) is 2.53. The number of anilines is 1. The van der Waals surface area contributed by atoms with Gasteiger partial charge in [-0.2, -0.15) is 0 Å². The SMILES string of the molecule is O=S(=O)(Nc1ccc(-c2cnc3nc[nH]c3c2)cc1)c1ccccc1. The van der Waals surface area contributed by atoms with Crippen molar-refractivity contribution in [2.45, 2.75) is 4.90 Å². The molecule has 0 bridgehead atoms. The smallest absolute Gasteiger partial charge is 0.261 e. The second-order valence-electron chi connectivity index (χ2n) is 5.49. The largest absolute Gasteiger partial charge is 0.343 e. The molecular weight excluding hydrogens is 336 g/mol. The number of nitrogens with one attached hydrogen (secondary N) is 2. The summed E-state index contributed by atoms with van der Waals surface area (Å²) < 4.78 is 27.3. The van der Waals surface area contributed by atoms with Crippen molar-refractivity contribution in [3.05, 3.63) is 73.2 Å². The summed E-state index contributed by atoms with van der Waals surface area (Å²) in [6.07, 6.45) is 3.34. The normalized spacial score (nSPS) is 11.5. The Kier molecular flexibility index (Phi) is 3.70. The van der Waals surface area contributed by atoms with E-state index >= 15 is 0 Å². The number of hydrogen-bond acceptors (Lipinski definition) is 4. The van der Waals surface area contributed by atoms with Gasteiger partial charge >= 0.3 is 0 Å². The lowest BCUT2D eigenvalue weighted by Gasteiger charge is -2.09. The van der Waals surface area contributed by atoms with E-state index in [-0.39, 0.29) is 4.90 Å². The Hall–Kier alpha value is -3.19. The minimum absolute atomic E-state index is 0.230. The second-order valence-corrected chi connectivity index (χ2v) is 7.18. The van der Waals surface area contributed by atoms with Crippen LogP contribution < -0.4 is 4.72 Å². The highest BCUT2D eigenvalue weighted by molar-refractivity contribution is 7.92. The van der Waals surface area contributed by atoms with E-state index in [1.54, 1.807) is 55.0 Å². The van der Waals surface area contributed by atoms with Crippen LogP contribution in [0.4, 0.5) is 5.69 Å². The Morgan fingerprint density at radius 1 is 0.880 bits per heavy atom. The number of sulfonamides is 1. The van der Waals surface area contributed by atoms with Crippen LogP contribution in [0.25, 0.3) is 22.3 Å². The number of aromatic amines is 1. The monoisotopic (exact) mass is 350 g/mol. The zero-order chi connectivity index (χ0) is 17.3. The molecule has 0 spiro atoms. The molecule has 2 aromatic heterocycles. The molecule has 2 N–H and O–H groups in total. The lowest BCUT2D eigenvalue weighted by Crippen LogP contribution is -2.12. The Morgan fingerprint density at radius 3 is 2.40 bits per heavy atom. The van der Waals surface area contributed by atoms with Crippen molar-refractivity contribution < 1.29 is 8.42 Å². The summed E-state index contributed by atoms with van der Waals surface area (Å²) >= 11 is 0. The first kappa shape index (κ1) is 15.3. The van der Waals surface area contributed by atoms with Crippen molar-refractivity contribution >= 4 is 26.9 Å². The lowest BCUT2D eigenvalue weighted by atomic mass is 10.1. The maximum Gasteiger partial charge on any atom is 0.261 e. The van der Waals surface area contributed by atoms with Crippen molar-refractivity contribution in [1.29, 1.82) is 0 Å². The second kappa shape index (κ2) is 6.03. The topological polar surface area (TPSA) is 87.7 Å². The number of fused-ring (bicyclic) bond motifs is 1. The number of H-pyrrole nitrogens is 1. The van der Waals surface area contributed by atoms with Gasteiger partial charge < -0.3 is 4.98 Å². The van der Waals surface area contributed by atoms with E-state index in [1.807, 2.05) is 18.2 Å². The van der Waals surface area contributed by atoms with Crippen molar-refractivity contribution in [3.8, 4) is 11.1 Å². The molecule has 0 radical (unpaired) electrons. The van der Waals surface area contributed by atoms with Crippen LogP contribution in [0, 0.1) is 0 Å². The van der Waals surface area contributed by atoms with Crippen LogP contribution in [0.2, 0.25) is 0 Å². The fourth-order valence-corrected chi connectivity index (χ4v) is 3.61.